The number of allylic oxidation sites excluding steroid dienone is 1. The van der Waals surface area contributed by atoms with Gasteiger partial charge in [0, 0.05) is 12.5 Å². The fourth-order valence-corrected chi connectivity index (χ4v) is 4.15. The van der Waals surface area contributed by atoms with Crippen LogP contribution in [0.2, 0.25) is 0 Å². The zero-order valence-electron chi connectivity index (χ0n) is 13.4. The van der Waals surface area contributed by atoms with Gasteiger partial charge in [0.1, 0.15) is 0 Å². The van der Waals surface area contributed by atoms with E-state index in [1.54, 1.807) is 7.11 Å². The van der Waals surface area contributed by atoms with Crippen molar-refractivity contribution in [1.29, 1.82) is 0 Å². The van der Waals surface area contributed by atoms with Crippen LogP contribution in [0.3, 0.4) is 0 Å². The van der Waals surface area contributed by atoms with E-state index in [9.17, 15) is 4.79 Å². The number of ketones is 1. The molecule has 2 aliphatic rings. The van der Waals surface area contributed by atoms with Crippen molar-refractivity contribution in [2.75, 3.05) is 7.11 Å². The van der Waals surface area contributed by atoms with Gasteiger partial charge in [0.15, 0.2) is 5.78 Å². The van der Waals surface area contributed by atoms with E-state index in [2.05, 4.69) is 51.1 Å². The molecule has 0 aromatic heterocycles. The summed E-state index contributed by atoms with van der Waals surface area (Å²) in [5.41, 5.74) is 3.23. The summed E-state index contributed by atoms with van der Waals surface area (Å²) in [5, 5.41) is 0. The minimum Gasteiger partial charge on any atom is -0.380 e. The molecule has 2 aliphatic carbocycles. The molecule has 2 nitrogen and oxygen atoms in total. The van der Waals surface area contributed by atoms with Gasteiger partial charge >= 0.3 is 0 Å². The van der Waals surface area contributed by atoms with E-state index < -0.39 is 0 Å². The quantitative estimate of drug-likeness (QED) is 0.776. The standard InChI is InChI=1S/C19H24O2/c1-18(2)16-9-10-19(18,3)17(20)15(16)11-13-5-7-14(8-6-13)12-21-4/h5-8,11,16H,9-10,12H2,1-4H3/b15-11-. The summed E-state index contributed by atoms with van der Waals surface area (Å²) in [7, 11) is 1.70. The molecule has 1 aromatic rings. The van der Waals surface area contributed by atoms with Crippen molar-refractivity contribution >= 4 is 11.9 Å². The van der Waals surface area contributed by atoms with Gasteiger partial charge in [-0.3, -0.25) is 4.79 Å². The molecule has 0 aliphatic heterocycles. The van der Waals surface area contributed by atoms with Gasteiger partial charge in [-0.1, -0.05) is 45.0 Å². The molecule has 112 valence electrons. The van der Waals surface area contributed by atoms with E-state index >= 15 is 0 Å². The Balaban J connectivity index is 1.92. The van der Waals surface area contributed by atoms with Crippen molar-refractivity contribution < 1.29 is 9.53 Å². The van der Waals surface area contributed by atoms with Gasteiger partial charge in [0.05, 0.1) is 6.61 Å². The van der Waals surface area contributed by atoms with Crippen molar-refractivity contribution in [3.63, 3.8) is 0 Å². The van der Waals surface area contributed by atoms with Crippen LogP contribution in [0.5, 0.6) is 0 Å². The Bertz CT molecular complexity index is 594. The zero-order chi connectivity index (χ0) is 15.3. The summed E-state index contributed by atoms with van der Waals surface area (Å²) in [6.07, 6.45) is 4.28. The highest BCUT2D eigenvalue weighted by Crippen LogP contribution is 2.65. The molecule has 2 fully saturated rings. The van der Waals surface area contributed by atoms with E-state index in [1.165, 1.54) is 0 Å². The fourth-order valence-electron chi connectivity index (χ4n) is 4.15. The maximum atomic E-state index is 12.8. The lowest BCUT2D eigenvalue weighted by Gasteiger charge is -2.31. The number of fused-ring (bicyclic) bond motifs is 2. The molecule has 0 heterocycles. The molecule has 2 bridgehead atoms. The highest BCUT2D eigenvalue weighted by Gasteiger charge is 2.63. The minimum atomic E-state index is -0.167. The Labute approximate surface area is 127 Å². The number of Topliss-reactive ketones (excluding diaryl/α,β-unsaturated/α-hetero) is 1. The van der Waals surface area contributed by atoms with Crippen LogP contribution in [0.1, 0.15) is 44.7 Å². The van der Waals surface area contributed by atoms with Gasteiger partial charge in [0.25, 0.3) is 0 Å². The maximum absolute atomic E-state index is 12.8. The molecule has 0 saturated heterocycles. The highest BCUT2D eigenvalue weighted by atomic mass is 16.5. The zero-order valence-corrected chi connectivity index (χ0v) is 13.4. The number of methoxy groups -OCH3 is 1. The second kappa shape index (κ2) is 4.81. The van der Waals surface area contributed by atoms with Crippen molar-refractivity contribution in [2.45, 2.75) is 40.2 Å². The number of ether oxygens (including phenoxy) is 1. The summed E-state index contributed by atoms with van der Waals surface area (Å²) in [4.78, 5) is 12.8. The number of carbonyl (C=O) groups is 1. The number of hydrogen-bond acceptors (Lipinski definition) is 2. The van der Waals surface area contributed by atoms with Gasteiger partial charge in [-0.15, -0.1) is 0 Å². The van der Waals surface area contributed by atoms with Gasteiger partial charge in [-0.05, 0) is 47.0 Å². The molecular formula is C19H24O2. The first-order valence-electron chi connectivity index (χ1n) is 7.74. The van der Waals surface area contributed by atoms with Crippen molar-refractivity contribution in [2.24, 2.45) is 16.7 Å². The Morgan fingerprint density at radius 1 is 1.24 bits per heavy atom. The van der Waals surface area contributed by atoms with E-state index in [0.717, 1.165) is 29.5 Å². The fraction of sp³-hybridized carbons (Fsp3) is 0.526. The Morgan fingerprint density at radius 3 is 2.43 bits per heavy atom. The van der Waals surface area contributed by atoms with Crippen molar-refractivity contribution in [1.82, 2.24) is 0 Å². The average Bonchev–Trinajstić information content (AvgIpc) is 2.75. The molecule has 0 radical (unpaired) electrons. The second-order valence-corrected chi connectivity index (χ2v) is 7.25. The Morgan fingerprint density at radius 2 is 1.90 bits per heavy atom. The molecular weight excluding hydrogens is 260 g/mol. The van der Waals surface area contributed by atoms with Crippen LogP contribution >= 0.6 is 0 Å². The summed E-state index contributed by atoms with van der Waals surface area (Å²) >= 11 is 0. The lowest BCUT2D eigenvalue weighted by atomic mass is 9.70. The predicted octanol–water partition coefficient (Wildman–Crippen LogP) is 4.24. The maximum Gasteiger partial charge on any atom is 0.165 e. The van der Waals surface area contributed by atoms with E-state index in [4.69, 9.17) is 4.74 Å². The highest BCUT2D eigenvalue weighted by molar-refractivity contribution is 6.07. The first kappa shape index (κ1) is 14.5. The minimum absolute atomic E-state index is 0.0892. The first-order valence-corrected chi connectivity index (χ1v) is 7.74. The topological polar surface area (TPSA) is 26.3 Å². The molecule has 21 heavy (non-hydrogen) atoms. The lowest BCUT2D eigenvalue weighted by molar-refractivity contribution is -0.125. The molecule has 0 N–H and O–H groups in total. The van der Waals surface area contributed by atoms with Crippen LogP contribution in [0, 0.1) is 16.7 Å². The molecule has 0 amide bonds. The van der Waals surface area contributed by atoms with Gasteiger partial charge in [0.2, 0.25) is 0 Å². The third kappa shape index (κ3) is 2.00. The van der Waals surface area contributed by atoms with Crippen LogP contribution in [0.25, 0.3) is 6.08 Å². The monoisotopic (exact) mass is 284 g/mol. The third-order valence-electron chi connectivity index (χ3n) is 5.98. The Kier molecular flexibility index (Phi) is 3.32. The molecule has 2 unspecified atom stereocenters. The molecule has 2 saturated carbocycles. The van der Waals surface area contributed by atoms with Crippen LogP contribution in [-0.2, 0) is 16.1 Å². The number of benzene rings is 1. The number of rotatable bonds is 3. The van der Waals surface area contributed by atoms with Crippen LogP contribution in [-0.4, -0.2) is 12.9 Å². The smallest absolute Gasteiger partial charge is 0.165 e. The van der Waals surface area contributed by atoms with Crippen LogP contribution in [0.4, 0.5) is 0 Å². The lowest BCUT2D eigenvalue weighted by Crippen LogP contribution is -2.32. The van der Waals surface area contributed by atoms with Gasteiger partial charge in [-0.25, -0.2) is 0 Å². The largest absolute Gasteiger partial charge is 0.380 e. The van der Waals surface area contributed by atoms with Gasteiger partial charge in [-0.2, -0.15) is 0 Å². The van der Waals surface area contributed by atoms with E-state index in [0.29, 0.717) is 18.3 Å². The summed E-state index contributed by atoms with van der Waals surface area (Å²) in [6.45, 7) is 7.29. The van der Waals surface area contributed by atoms with Crippen molar-refractivity contribution in [3.05, 3.63) is 41.0 Å². The van der Waals surface area contributed by atoms with Gasteiger partial charge < -0.3 is 4.74 Å². The SMILES string of the molecule is COCc1ccc(/C=C2\C(=O)C3(C)CCC2C3(C)C)cc1. The molecule has 2 heteroatoms. The Hall–Kier alpha value is -1.41. The molecule has 1 aromatic carbocycles. The van der Waals surface area contributed by atoms with E-state index in [-0.39, 0.29) is 10.8 Å². The summed E-state index contributed by atoms with van der Waals surface area (Å²) in [5.74, 6) is 0.776. The average molecular weight is 284 g/mol. The first-order chi connectivity index (χ1) is 9.90. The molecule has 2 atom stereocenters. The molecule has 0 spiro atoms. The summed E-state index contributed by atoms with van der Waals surface area (Å²) in [6, 6.07) is 8.30. The predicted molar refractivity (Wildman–Crippen MR) is 84.8 cm³/mol. The number of hydrogen-bond donors (Lipinski definition) is 0. The van der Waals surface area contributed by atoms with Crippen LogP contribution in [0.15, 0.2) is 29.8 Å². The second-order valence-electron chi connectivity index (χ2n) is 7.25. The van der Waals surface area contributed by atoms with Crippen molar-refractivity contribution in [3.8, 4) is 0 Å². The normalized spacial score (nSPS) is 32.1. The number of carbonyl (C=O) groups excluding carboxylic acids is 1. The summed E-state index contributed by atoms with van der Waals surface area (Å²) < 4.78 is 5.13. The van der Waals surface area contributed by atoms with Crippen LogP contribution < -0.4 is 0 Å². The third-order valence-corrected chi connectivity index (χ3v) is 5.98. The van der Waals surface area contributed by atoms with E-state index in [1.807, 2.05) is 0 Å². The molecule has 3 rings (SSSR count).